The van der Waals surface area contributed by atoms with E-state index in [4.69, 9.17) is 4.74 Å². The van der Waals surface area contributed by atoms with E-state index in [1.165, 1.54) is 11.8 Å². The topological polar surface area (TPSA) is 96.8 Å². The average Bonchev–Trinajstić information content (AvgIpc) is 3.31. The Labute approximate surface area is 195 Å². The number of anilines is 1. The minimum absolute atomic E-state index is 0.0444. The van der Waals surface area contributed by atoms with Gasteiger partial charge in [0.05, 0.1) is 28.8 Å². The molecule has 0 saturated carbocycles. The fraction of sp³-hybridized carbons (Fsp3) is 0.200. The van der Waals surface area contributed by atoms with E-state index in [-0.39, 0.29) is 22.2 Å². The van der Waals surface area contributed by atoms with Crippen molar-refractivity contribution in [3.63, 3.8) is 0 Å². The molecule has 0 aliphatic carbocycles. The lowest BCUT2D eigenvalue weighted by atomic mass is 9.95. The van der Waals surface area contributed by atoms with Gasteiger partial charge in [-0.25, -0.2) is 4.98 Å². The van der Waals surface area contributed by atoms with Crippen molar-refractivity contribution in [2.45, 2.75) is 26.8 Å². The molecule has 1 aliphatic rings. The molecular formula is C25H22N2O5S. The number of rotatable bonds is 6. The zero-order valence-corrected chi connectivity index (χ0v) is 19.2. The maximum atomic E-state index is 13.2. The van der Waals surface area contributed by atoms with E-state index in [0.29, 0.717) is 34.1 Å². The number of hydrogen-bond acceptors (Lipinski definition) is 7. The Kier molecular flexibility index (Phi) is 6.11. The van der Waals surface area contributed by atoms with Crippen LogP contribution in [0.3, 0.4) is 0 Å². The minimum atomic E-state index is -0.934. The van der Waals surface area contributed by atoms with Crippen LogP contribution in [0.4, 0.5) is 5.13 Å². The Morgan fingerprint density at radius 2 is 1.88 bits per heavy atom. The number of aromatic nitrogens is 1. The zero-order chi connectivity index (χ0) is 23.7. The van der Waals surface area contributed by atoms with Crippen molar-refractivity contribution in [2.24, 2.45) is 0 Å². The fourth-order valence-electron chi connectivity index (χ4n) is 3.85. The van der Waals surface area contributed by atoms with Crippen molar-refractivity contribution >= 4 is 39.7 Å². The minimum Gasteiger partial charge on any atom is -0.507 e. The van der Waals surface area contributed by atoms with Crippen LogP contribution >= 0.6 is 11.3 Å². The van der Waals surface area contributed by atoms with Crippen LogP contribution in [0.25, 0.3) is 5.76 Å². The Bertz CT molecular complexity index is 1280. The lowest BCUT2D eigenvalue weighted by Gasteiger charge is -2.23. The summed E-state index contributed by atoms with van der Waals surface area (Å²) >= 11 is 1.05. The molecule has 168 valence electrons. The summed E-state index contributed by atoms with van der Waals surface area (Å²) in [5, 5.41) is 11.3. The number of ketones is 2. The van der Waals surface area contributed by atoms with Crippen molar-refractivity contribution < 1.29 is 24.2 Å². The van der Waals surface area contributed by atoms with Crippen LogP contribution in [-0.2, 0) is 9.59 Å². The number of amides is 1. The largest absolute Gasteiger partial charge is 0.507 e. The van der Waals surface area contributed by atoms with Crippen LogP contribution in [0, 0.1) is 6.92 Å². The maximum absolute atomic E-state index is 13.2. The Balaban J connectivity index is 1.95. The van der Waals surface area contributed by atoms with Crippen molar-refractivity contribution in [2.75, 3.05) is 11.5 Å². The Hall–Kier alpha value is -3.78. The molecule has 1 amide bonds. The van der Waals surface area contributed by atoms with E-state index in [1.54, 1.807) is 61.5 Å². The van der Waals surface area contributed by atoms with Gasteiger partial charge in [0.2, 0.25) is 0 Å². The number of carbonyl (C=O) groups is 3. The number of aryl methyl sites for hydroxylation is 1. The fourth-order valence-corrected chi connectivity index (χ4v) is 4.84. The summed E-state index contributed by atoms with van der Waals surface area (Å²) in [4.78, 5) is 44.5. The summed E-state index contributed by atoms with van der Waals surface area (Å²) in [6.07, 6.45) is 0. The van der Waals surface area contributed by atoms with Crippen molar-refractivity contribution in [3.05, 3.63) is 81.9 Å². The molecular weight excluding hydrogens is 440 g/mol. The second kappa shape index (κ2) is 8.99. The molecule has 1 saturated heterocycles. The molecule has 2 aromatic carbocycles. The highest BCUT2D eigenvalue weighted by Gasteiger charge is 2.48. The van der Waals surface area contributed by atoms with Gasteiger partial charge in [0.15, 0.2) is 10.9 Å². The smallest absolute Gasteiger partial charge is 0.301 e. The number of ether oxygens (including phenoxy) is 1. The second-order valence-corrected chi connectivity index (χ2v) is 8.49. The van der Waals surface area contributed by atoms with E-state index >= 15 is 0 Å². The molecule has 0 bridgehead atoms. The van der Waals surface area contributed by atoms with Gasteiger partial charge in [0.25, 0.3) is 5.78 Å². The molecule has 1 N–H and O–H groups in total. The van der Waals surface area contributed by atoms with E-state index in [0.717, 1.165) is 11.3 Å². The molecule has 0 radical (unpaired) electrons. The summed E-state index contributed by atoms with van der Waals surface area (Å²) in [7, 11) is 0. The summed E-state index contributed by atoms with van der Waals surface area (Å²) < 4.78 is 5.61. The van der Waals surface area contributed by atoms with E-state index in [1.807, 2.05) is 6.92 Å². The van der Waals surface area contributed by atoms with Crippen molar-refractivity contribution in [1.29, 1.82) is 0 Å². The highest BCUT2D eigenvalue weighted by atomic mass is 32.1. The number of thiazole rings is 1. The first-order chi connectivity index (χ1) is 15.8. The average molecular weight is 463 g/mol. The molecule has 33 heavy (non-hydrogen) atoms. The van der Waals surface area contributed by atoms with Gasteiger partial charge in [-0.3, -0.25) is 19.3 Å². The quantitative estimate of drug-likeness (QED) is 0.247. The van der Waals surface area contributed by atoms with Crippen molar-refractivity contribution in [3.8, 4) is 5.75 Å². The molecule has 7 nitrogen and oxygen atoms in total. The standard InChI is InChI=1S/C25H22N2O5S/c1-4-32-18-12-8-11-17(13-18)20-19(21(29)16-9-6-5-7-10-16)22(30)24(31)27(20)25-26-14(2)23(33-25)15(3)28/h5-13,20,29H,4H2,1-3H3. The lowest BCUT2D eigenvalue weighted by molar-refractivity contribution is -0.132. The molecule has 8 heteroatoms. The molecule has 1 atom stereocenters. The molecule has 1 unspecified atom stereocenters. The molecule has 3 aromatic rings. The van der Waals surface area contributed by atoms with Crippen LogP contribution in [0.15, 0.2) is 60.2 Å². The molecule has 4 rings (SSSR count). The Morgan fingerprint density at radius 1 is 1.15 bits per heavy atom. The van der Waals surface area contributed by atoms with Crippen LogP contribution < -0.4 is 9.64 Å². The van der Waals surface area contributed by atoms with E-state index in [2.05, 4.69) is 4.98 Å². The normalized spacial score (nSPS) is 17.4. The number of hydrogen-bond donors (Lipinski definition) is 1. The molecule has 2 heterocycles. The lowest BCUT2D eigenvalue weighted by Crippen LogP contribution is -2.29. The Morgan fingerprint density at radius 3 is 2.52 bits per heavy atom. The van der Waals surface area contributed by atoms with E-state index < -0.39 is 17.7 Å². The number of aliphatic hydroxyl groups excluding tert-OH is 1. The number of carbonyl (C=O) groups excluding carboxylic acids is 3. The predicted molar refractivity (Wildman–Crippen MR) is 126 cm³/mol. The first kappa shape index (κ1) is 22.4. The van der Waals surface area contributed by atoms with Gasteiger partial charge in [-0.15, -0.1) is 0 Å². The molecule has 1 fully saturated rings. The number of Topliss-reactive ketones (excluding diaryl/α,β-unsaturated/α-hetero) is 2. The third-order valence-electron chi connectivity index (χ3n) is 5.29. The number of nitrogens with zero attached hydrogens (tertiary/aromatic N) is 2. The summed E-state index contributed by atoms with van der Waals surface area (Å²) in [6.45, 7) is 5.41. The number of aliphatic hydroxyl groups is 1. The van der Waals surface area contributed by atoms with Gasteiger partial charge in [0, 0.05) is 12.5 Å². The van der Waals surface area contributed by atoms with Gasteiger partial charge >= 0.3 is 5.91 Å². The summed E-state index contributed by atoms with van der Waals surface area (Å²) in [5.74, 6) is -1.51. The number of benzene rings is 2. The second-order valence-electron chi connectivity index (χ2n) is 7.51. The van der Waals surface area contributed by atoms with Crippen LogP contribution in [0.5, 0.6) is 5.75 Å². The predicted octanol–water partition coefficient (Wildman–Crippen LogP) is 4.68. The highest BCUT2D eigenvalue weighted by molar-refractivity contribution is 7.18. The maximum Gasteiger partial charge on any atom is 0.301 e. The zero-order valence-electron chi connectivity index (χ0n) is 18.4. The molecule has 1 aromatic heterocycles. The van der Waals surface area contributed by atoms with Crippen molar-refractivity contribution in [1.82, 2.24) is 4.98 Å². The SMILES string of the molecule is CCOc1cccc(C2C(=C(O)c3ccccc3)C(=O)C(=O)N2c2nc(C)c(C(C)=O)s2)c1. The van der Waals surface area contributed by atoms with E-state index in [9.17, 15) is 19.5 Å². The van der Waals surface area contributed by atoms with Gasteiger partial charge in [-0.1, -0.05) is 53.8 Å². The van der Waals surface area contributed by atoms with Gasteiger partial charge in [-0.2, -0.15) is 0 Å². The molecule has 1 aliphatic heterocycles. The van der Waals surface area contributed by atoms with Crippen LogP contribution in [0.1, 0.15) is 46.4 Å². The van der Waals surface area contributed by atoms with Gasteiger partial charge in [0.1, 0.15) is 11.5 Å². The van der Waals surface area contributed by atoms with Gasteiger partial charge in [-0.05, 0) is 31.5 Å². The van der Waals surface area contributed by atoms with Gasteiger partial charge < -0.3 is 9.84 Å². The summed E-state index contributed by atoms with van der Waals surface area (Å²) in [5.41, 5.74) is 1.43. The van der Waals surface area contributed by atoms with Crippen LogP contribution in [0.2, 0.25) is 0 Å². The highest BCUT2D eigenvalue weighted by Crippen LogP contribution is 2.44. The molecule has 0 spiro atoms. The summed E-state index contributed by atoms with van der Waals surface area (Å²) in [6, 6.07) is 14.7. The first-order valence-electron chi connectivity index (χ1n) is 10.4. The monoisotopic (exact) mass is 462 g/mol. The third-order valence-corrected chi connectivity index (χ3v) is 6.55. The van der Waals surface area contributed by atoms with Crippen LogP contribution in [-0.4, -0.2) is 34.2 Å². The first-order valence-corrected chi connectivity index (χ1v) is 11.2. The third kappa shape index (κ3) is 4.05.